The highest BCUT2D eigenvalue weighted by Gasteiger charge is 2.50. The predicted molar refractivity (Wildman–Crippen MR) is 62.5 cm³/mol. The van der Waals surface area contributed by atoms with E-state index in [1.807, 2.05) is 0 Å². The Morgan fingerprint density at radius 3 is 2.73 bits per heavy atom. The lowest BCUT2D eigenvalue weighted by molar-refractivity contribution is -0.140. The van der Waals surface area contributed by atoms with Gasteiger partial charge in [-0.25, -0.2) is 0 Å². The first-order chi connectivity index (χ1) is 6.96. The zero-order chi connectivity index (χ0) is 11.2. The van der Waals surface area contributed by atoms with Gasteiger partial charge in [0.15, 0.2) is 0 Å². The summed E-state index contributed by atoms with van der Waals surface area (Å²) in [6, 6.07) is 0. The molecule has 1 heteroatoms. The molecule has 1 nitrogen and oxygen atoms in total. The van der Waals surface area contributed by atoms with Crippen LogP contribution >= 0.6 is 0 Å². The van der Waals surface area contributed by atoms with Crippen LogP contribution in [0.25, 0.3) is 0 Å². The largest absolute Gasteiger partial charge is 0.299 e. The van der Waals surface area contributed by atoms with Crippen LogP contribution < -0.4 is 0 Å². The summed E-state index contributed by atoms with van der Waals surface area (Å²) in [6.45, 7) is 8.94. The van der Waals surface area contributed by atoms with Gasteiger partial charge in [0.2, 0.25) is 0 Å². The molecule has 0 bridgehead atoms. The molecule has 15 heavy (non-hydrogen) atoms. The smallest absolute Gasteiger partial charge is 0.139 e. The summed E-state index contributed by atoms with van der Waals surface area (Å²) in [6.07, 6.45) is 5.34. The second-order valence-electron chi connectivity index (χ2n) is 5.83. The van der Waals surface area contributed by atoms with E-state index in [2.05, 4.69) is 33.8 Å². The minimum atomic E-state index is -0.0722. The number of rotatable bonds is 0. The third-order valence-corrected chi connectivity index (χ3v) is 4.91. The standard InChI is InChI=1S/C14H22O/c1-9-7-11(3)14(4)12(8-9)10(2)5-6-13(14)15/h7,10-12H,5-6,8H2,1-4H3/t10-,11+,12-,14-/m0/s1. The van der Waals surface area contributed by atoms with E-state index in [-0.39, 0.29) is 5.41 Å². The van der Waals surface area contributed by atoms with Crippen molar-refractivity contribution in [2.45, 2.75) is 47.0 Å². The van der Waals surface area contributed by atoms with Gasteiger partial charge in [-0.05, 0) is 37.5 Å². The molecule has 0 radical (unpaired) electrons. The maximum absolute atomic E-state index is 12.2. The number of carbonyl (C=O) groups excluding carboxylic acids is 1. The molecule has 2 rings (SSSR count). The maximum Gasteiger partial charge on any atom is 0.139 e. The van der Waals surface area contributed by atoms with E-state index in [1.54, 1.807) is 0 Å². The van der Waals surface area contributed by atoms with E-state index >= 15 is 0 Å². The molecule has 0 aromatic heterocycles. The third kappa shape index (κ3) is 1.47. The van der Waals surface area contributed by atoms with Crippen molar-refractivity contribution in [1.82, 2.24) is 0 Å². The Labute approximate surface area is 92.9 Å². The highest BCUT2D eigenvalue weighted by molar-refractivity contribution is 5.86. The van der Waals surface area contributed by atoms with Crippen LogP contribution in [-0.4, -0.2) is 5.78 Å². The fourth-order valence-electron chi connectivity index (χ4n) is 3.65. The Balaban J connectivity index is 2.41. The molecule has 4 atom stereocenters. The van der Waals surface area contributed by atoms with Gasteiger partial charge in [0, 0.05) is 11.8 Å². The van der Waals surface area contributed by atoms with Gasteiger partial charge >= 0.3 is 0 Å². The number of carbonyl (C=O) groups is 1. The van der Waals surface area contributed by atoms with Crippen LogP contribution in [0.15, 0.2) is 11.6 Å². The lowest BCUT2D eigenvalue weighted by atomic mass is 9.53. The van der Waals surface area contributed by atoms with Crippen molar-refractivity contribution >= 4 is 5.78 Å². The van der Waals surface area contributed by atoms with Crippen LogP contribution in [0, 0.1) is 23.2 Å². The molecule has 84 valence electrons. The Morgan fingerprint density at radius 1 is 1.40 bits per heavy atom. The van der Waals surface area contributed by atoms with Gasteiger partial charge in [-0.3, -0.25) is 4.79 Å². The second-order valence-corrected chi connectivity index (χ2v) is 5.83. The third-order valence-electron chi connectivity index (χ3n) is 4.91. The number of Topliss-reactive ketones (excluding diaryl/α,β-unsaturated/α-hetero) is 1. The van der Waals surface area contributed by atoms with Crippen LogP contribution in [0.2, 0.25) is 0 Å². The van der Waals surface area contributed by atoms with E-state index in [9.17, 15) is 4.79 Å². The summed E-state index contributed by atoms with van der Waals surface area (Å²) in [5.41, 5.74) is 1.41. The number of hydrogen-bond acceptors (Lipinski definition) is 1. The number of fused-ring (bicyclic) bond motifs is 1. The molecule has 1 fully saturated rings. The van der Waals surface area contributed by atoms with E-state index in [1.165, 1.54) is 5.57 Å². The first-order valence-corrected chi connectivity index (χ1v) is 6.17. The van der Waals surface area contributed by atoms with E-state index in [0.717, 1.165) is 19.3 Å². The van der Waals surface area contributed by atoms with Gasteiger partial charge in [0.05, 0.1) is 0 Å². The van der Waals surface area contributed by atoms with Crippen molar-refractivity contribution in [2.75, 3.05) is 0 Å². The fraction of sp³-hybridized carbons (Fsp3) is 0.786. The Bertz CT molecular complexity index is 315. The van der Waals surface area contributed by atoms with Gasteiger partial charge < -0.3 is 0 Å². The molecule has 1 saturated carbocycles. The molecule has 0 unspecified atom stereocenters. The Hall–Kier alpha value is -0.590. The molecule has 0 spiro atoms. The Kier molecular flexibility index (Phi) is 2.52. The van der Waals surface area contributed by atoms with Crippen LogP contribution in [0.4, 0.5) is 0 Å². The molecular weight excluding hydrogens is 184 g/mol. The molecule has 2 aliphatic carbocycles. The Morgan fingerprint density at radius 2 is 2.07 bits per heavy atom. The van der Waals surface area contributed by atoms with E-state index in [4.69, 9.17) is 0 Å². The number of allylic oxidation sites excluding steroid dienone is 2. The maximum atomic E-state index is 12.2. The SMILES string of the molecule is CC1=C[C@@H](C)[C@]2(C)C(=O)CC[C@H](C)[C@@H]2C1. The highest BCUT2D eigenvalue weighted by atomic mass is 16.1. The first-order valence-electron chi connectivity index (χ1n) is 6.17. The number of ketones is 1. The lowest BCUT2D eigenvalue weighted by Gasteiger charge is -2.49. The molecule has 0 heterocycles. The molecule has 2 aliphatic rings. The van der Waals surface area contributed by atoms with Gasteiger partial charge in [0.1, 0.15) is 5.78 Å². The zero-order valence-corrected chi connectivity index (χ0v) is 10.3. The number of hydrogen-bond donors (Lipinski definition) is 0. The molecule has 0 aromatic carbocycles. The van der Waals surface area contributed by atoms with Crippen LogP contribution in [0.5, 0.6) is 0 Å². The van der Waals surface area contributed by atoms with Crippen LogP contribution in [-0.2, 0) is 4.79 Å². The van der Waals surface area contributed by atoms with Crippen molar-refractivity contribution in [1.29, 1.82) is 0 Å². The van der Waals surface area contributed by atoms with Crippen molar-refractivity contribution in [3.05, 3.63) is 11.6 Å². The summed E-state index contributed by atoms with van der Waals surface area (Å²) in [7, 11) is 0. The monoisotopic (exact) mass is 206 g/mol. The van der Waals surface area contributed by atoms with Crippen molar-refractivity contribution in [3.8, 4) is 0 Å². The van der Waals surface area contributed by atoms with E-state index < -0.39 is 0 Å². The molecule has 0 aromatic rings. The summed E-state index contributed by atoms with van der Waals surface area (Å²) < 4.78 is 0. The van der Waals surface area contributed by atoms with Gasteiger partial charge in [-0.15, -0.1) is 0 Å². The molecule has 0 aliphatic heterocycles. The summed E-state index contributed by atoms with van der Waals surface area (Å²) in [5.74, 6) is 2.21. The molecule has 0 amide bonds. The topological polar surface area (TPSA) is 17.1 Å². The van der Waals surface area contributed by atoms with Crippen molar-refractivity contribution < 1.29 is 4.79 Å². The van der Waals surface area contributed by atoms with Crippen molar-refractivity contribution in [2.24, 2.45) is 23.2 Å². The average Bonchev–Trinajstić information content (AvgIpc) is 2.17. The summed E-state index contributed by atoms with van der Waals surface area (Å²) in [4.78, 5) is 12.2. The molecule has 0 saturated heterocycles. The average molecular weight is 206 g/mol. The molecular formula is C14H22O. The first kappa shape index (κ1) is 10.9. The van der Waals surface area contributed by atoms with Gasteiger partial charge in [-0.1, -0.05) is 32.4 Å². The quantitative estimate of drug-likeness (QED) is 0.553. The summed E-state index contributed by atoms with van der Waals surface area (Å²) in [5, 5.41) is 0. The predicted octanol–water partition coefficient (Wildman–Crippen LogP) is 3.59. The van der Waals surface area contributed by atoms with E-state index in [0.29, 0.717) is 23.5 Å². The molecule has 0 N–H and O–H groups in total. The lowest BCUT2D eigenvalue weighted by Crippen LogP contribution is -2.49. The minimum Gasteiger partial charge on any atom is -0.299 e. The van der Waals surface area contributed by atoms with Crippen molar-refractivity contribution in [3.63, 3.8) is 0 Å². The highest BCUT2D eigenvalue weighted by Crippen LogP contribution is 2.52. The second kappa shape index (κ2) is 3.47. The zero-order valence-electron chi connectivity index (χ0n) is 10.3. The summed E-state index contributed by atoms with van der Waals surface area (Å²) >= 11 is 0. The fourth-order valence-corrected chi connectivity index (χ4v) is 3.65. The minimum absolute atomic E-state index is 0.0722. The normalized spacial score (nSPS) is 46.0. The van der Waals surface area contributed by atoms with Gasteiger partial charge in [0.25, 0.3) is 0 Å². The van der Waals surface area contributed by atoms with Crippen LogP contribution in [0.1, 0.15) is 47.0 Å². The van der Waals surface area contributed by atoms with Crippen LogP contribution in [0.3, 0.4) is 0 Å². The van der Waals surface area contributed by atoms with Gasteiger partial charge in [-0.2, -0.15) is 0 Å².